The first kappa shape index (κ1) is 39.7. The van der Waals surface area contributed by atoms with E-state index in [0.29, 0.717) is 56.3 Å². The van der Waals surface area contributed by atoms with Gasteiger partial charge in [0.25, 0.3) is 11.5 Å². The number of anilines is 2. The minimum absolute atomic E-state index is 0.0105. The van der Waals surface area contributed by atoms with E-state index >= 15 is 0 Å². The second kappa shape index (κ2) is 16.0. The number of nitrogens with one attached hydrogen (secondary N) is 1. The number of benzene rings is 2. The van der Waals surface area contributed by atoms with Crippen LogP contribution in [0, 0.1) is 11.3 Å². The van der Waals surface area contributed by atoms with Crippen LogP contribution in [0.15, 0.2) is 65.7 Å². The van der Waals surface area contributed by atoms with E-state index in [1.807, 2.05) is 0 Å². The summed E-state index contributed by atoms with van der Waals surface area (Å²) in [7, 11) is 0. The summed E-state index contributed by atoms with van der Waals surface area (Å²) in [5.74, 6) is -0.0916. The van der Waals surface area contributed by atoms with E-state index in [2.05, 4.69) is 26.8 Å². The van der Waals surface area contributed by atoms with E-state index in [9.17, 15) is 32.8 Å². The van der Waals surface area contributed by atoms with Crippen LogP contribution in [0.25, 0.3) is 0 Å². The molecule has 3 fully saturated rings. The number of hydrogen-bond donors (Lipinski definition) is 1. The third-order valence-corrected chi connectivity index (χ3v) is 10.5. The summed E-state index contributed by atoms with van der Waals surface area (Å²) in [5.41, 5.74) is -2.40. The largest absolute Gasteiger partial charge is 0.492 e. The Labute approximate surface area is 325 Å². The van der Waals surface area contributed by atoms with Crippen molar-refractivity contribution in [1.82, 2.24) is 24.9 Å². The summed E-state index contributed by atoms with van der Waals surface area (Å²) in [6.07, 6.45) is -2.48. The molecule has 0 aliphatic carbocycles. The fraction of sp³-hybridized carbons (Fsp3) is 0.405. The molecule has 13 nitrogen and oxygen atoms in total. The number of thiocarbonyl (C=S) groups is 1. The number of nitrogens with zero attached hydrogens (tertiary/aromatic N) is 7. The number of hydrogen-bond acceptors (Lipinski definition) is 10. The Balaban J connectivity index is 0.957. The normalized spacial score (nSPS) is 19.4. The first-order chi connectivity index (χ1) is 26.1. The van der Waals surface area contributed by atoms with Gasteiger partial charge in [-0.1, -0.05) is 18.2 Å². The number of aromatic nitrogens is 2. The SMILES string of the molecule is C=C1CCC(n2ncc(OCCN3CCN(CCOc4ccc(N5C(=S)N(c6ccc(C#N)c(C(F)(F)F)c6)C(=O)C5(C)C)cc4)CC3)c(Cl)c2=O)C(=O)N1. The molecule has 6 rings (SSSR count). The van der Waals surface area contributed by atoms with Gasteiger partial charge in [-0.3, -0.25) is 29.1 Å². The molecule has 3 aliphatic heterocycles. The number of carbonyl (C=O) groups is 2. The Morgan fingerprint density at radius 1 is 1.02 bits per heavy atom. The van der Waals surface area contributed by atoms with E-state index < -0.39 is 40.4 Å². The van der Waals surface area contributed by atoms with Crippen molar-refractivity contribution in [1.29, 1.82) is 5.26 Å². The highest BCUT2D eigenvalue weighted by Crippen LogP contribution is 2.40. The number of amides is 2. The molecule has 4 heterocycles. The lowest BCUT2D eigenvalue weighted by Crippen LogP contribution is -2.48. The zero-order valence-electron chi connectivity index (χ0n) is 30.1. The van der Waals surface area contributed by atoms with Crippen LogP contribution in [-0.4, -0.2) is 94.5 Å². The standard InChI is InChI=1S/C37H38ClF3N8O5S/c1-23-4-11-29(32(50)44-23)49-33(51)31(38)30(22-43-49)54-19-17-46-14-12-45(13-15-46)16-18-53-27-9-7-25(8-10-27)48-35(55)47(34(52)36(48,2)3)26-6-5-24(21-42)28(20-26)37(39,40)41/h5-10,20,22,29H,1,4,11-19H2,2-3H3,(H,44,50). The van der Waals surface area contributed by atoms with E-state index in [4.69, 9.17) is 33.3 Å². The first-order valence-corrected chi connectivity index (χ1v) is 18.2. The maximum Gasteiger partial charge on any atom is 0.417 e. The molecule has 0 bridgehead atoms. The first-order valence-electron chi connectivity index (χ1n) is 17.5. The van der Waals surface area contributed by atoms with Crippen LogP contribution in [-0.2, 0) is 15.8 Å². The fourth-order valence-corrected chi connectivity index (χ4v) is 7.42. The van der Waals surface area contributed by atoms with Crippen LogP contribution < -0.4 is 30.1 Å². The molecule has 2 aromatic carbocycles. The Morgan fingerprint density at radius 3 is 2.24 bits per heavy atom. The fourth-order valence-electron chi connectivity index (χ4n) is 6.71. The van der Waals surface area contributed by atoms with Crippen molar-refractivity contribution in [3.05, 3.63) is 87.4 Å². The highest BCUT2D eigenvalue weighted by molar-refractivity contribution is 7.81. The van der Waals surface area contributed by atoms with Gasteiger partial charge in [0.15, 0.2) is 15.9 Å². The van der Waals surface area contributed by atoms with Gasteiger partial charge in [-0.25, -0.2) is 4.68 Å². The smallest absolute Gasteiger partial charge is 0.417 e. The maximum atomic E-state index is 13.7. The molecule has 0 saturated carbocycles. The number of piperidine rings is 1. The highest BCUT2D eigenvalue weighted by Gasteiger charge is 2.50. The highest BCUT2D eigenvalue weighted by atomic mass is 35.5. The average molecular weight is 799 g/mol. The Kier molecular flexibility index (Phi) is 11.5. The molecule has 1 N–H and O–H groups in total. The molecule has 0 radical (unpaired) electrons. The Bertz CT molecular complexity index is 2100. The number of piperazine rings is 1. The minimum Gasteiger partial charge on any atom is -0.492 e. The zero-order valence-corrected chi connectivity index (χ0v) is 31.6. The van der Waals surface area contributed by atoms with Crippen LogP contribution >= 0.6 is 23.8 Å². The van der Waals surface area contributed by atoms with Gasteiger partial charge in [-0.2, -0.15) is 23.5 Å². The zero-order chi connectivity index (χ0) is 39.7. The van der Waals surface area contributed by atoms with Gasteiger partial charge in [-0.15, -0.1) is 0 Å². The second-order valence-electron chi connectivity index (χ2n) is 13.8. The van der Waals surface area contributed by atoms with E-state index in [0.717, 1.165) is 47.9 Å². The van der Waals surface area contributed by atoms with Gasteiger partial charge < -0.3 is 19.7 Å². The van der Waals surface area contributed by atoms with Crippen molar-refractivity contribution in [2.24, 2.45) is 0 Å². The predicted octanol–water partition coefficient (Wildman–Crippen LogP) is 4.74. The third kappa shape index (κ3) is 8.32. The maximum absolute atomic E-state index is 13.7. The van der Waals surface area contributed by atoms with Gasteiger partial charge in [0, 0.05) is 50.7 Å². The molecule has 1 aromatic heterocycles. The summed E-state index contributed by atoms with van der Waals surface area (Å²) in [6.45, 7) is 12.3. The van der Waals surface area contributed by atoms with Gasteiger partial charge in [0.2, 0.25) is 5.91 Å². The average Bonchev–Trinajstić information content (AvgIpc) is 3.32. The van der Waals surface area contributed by atoms with E-state index in [1.165, 1.54) is 12.3 Å². The van der Waals surface area contributed by atoms with Crippen LogP contribution in [0.5, 0.6) is 11.5 Å². The second-order valence-corrected chi connectivity index (χ2v) is 14.5. The van der Waals surface area contributed by atoms with Crippen LogP contribution in [0.2, 0.25) is 5.02 Å². The van der Waals surface area contributed by atoms with Crippen molar-refractivity contribution in [2.45, 2.75) is 44.4 Å². The van der Waals surface area contributed by atoms with E-state index in [-0.39, 0.29) is 27.5 Å². The number of allylic oxidation sites excluding steroid dienone is 1. The number of alkyl halides is 3. The van der Waals surface area contributed by atoms with Crippen LogP contribution in [0.4, 0.5) is 24.5 Å². The lowest BCUT2D eigenvalue weighted by molar-refractivity contribution is -0.137. The molecule has 3 saturated heterocycles. The molecule has 290 valence electrons. The van der Waals surface area contributed by atoms with E-state index in [1.54, 1.807) is 49.1 Å². The molecule has 3 aliphatic rings. The molecule has 3 aromatic rings. The number of carbonyl (C=O) groups excluding carboxylic acids is 2. The molecule has 55 heavy (non-hydrogen) atoms. The van der Waals surface area contributed by atoms with Crippen molar-refractivity contribution >= 4 is 52.1 Å². The predicted molar refractivity (Wildman–Crippen MR) is 202 cm³/mol. The van der Waals surface area contributed by atoms with Gasteiger partial charge in [0.1, 0.15) is 30.5 Å². The summed E-state index contributed by atoms with van der Waals surface area (Å²) < 4.78 is 53.9. The third-order valence-electron chi connectivity index (χ3n) is 9.79. The number of rotatable bonds is 11. The van der Waals surface area contributed by atoms with Crippen molar-refractivity contribution in [2.75, 3.05) is 62.3 Å². The molecule has 1 unspecified atom stereocenters. The minimum atomic E-state index is -4.79. The molecular weight excluding hydrogens is 761 g/mol. The Hall–Kier alpha value is -5.02. The molecule has 2 amide bonds. The number of ether oxygens (including phenoxy) is 2. The van der Waals surface area contributed by atoms with Crippen LogP contribution in [0.3, 0.4) is 0 Å². The van der Waals surface area contributed by atoms with Crippen molar-refractivity contribution in [3.8, 4) is 17.6 Å². The molecule has 1 atom stereocenters. The number of nitriles is 1. The summed E-state index contributed by atoms with van der Waals surface area (Å²) in [4.78, 5) is 45.8. The molecule has 18 heteroatoms. The topological polar surface area (TPSA) is 136 Å². The number of halogens is 4. The summed E-state index contributed by atoms with van der Waals surface area (Å²) >= 11 is 11.9. The Morgan fingerprint density at radius 2 is 1.64 bits per heavy atom. The summed E-state index contributed by atoms with van der Waals surface area (Å²) in [5, 5.41) is 15.8. The molecular formula is C37H38ClF3N8O5S. The summed E-state index contributed by atoms with van der Waals surface area (Å²) in [6, 6.07) is 10.8. The lowest BCUT2D eigenvalue weighted by Gasteiger charge is -2.34. The van der Waals surface area contributed by atoms with Gasteiger partial charge >= 0.3 is 6.18 Å². The van der Waals surface area contributed by atoms with Crippen molar-refractivity contribution < 1.29 is 32.2 Å². The molecule has 0 spiro atoms. The van der Waals surface area contributed by atoms with Gasteiger partial charge in [0.05, 0.1) is 29.1 Å². The quantitative estimate of drug-likeness (QED) is 0.270. The lowest BCUT2D eigenvalue weighted by atomic mass is 10.0. The van der Waals surface area contributed by atoms with Gasteiger partial charge in [-0.05, 0) is 81.4 Å². The van der Waals surface area contributed by atoms with Crippen molar-refractivity contribution in [3.63, 3.8) is 0 Å². The van der Waals surface area contributed by atoms with Crippen LogP contribution in [0.1, 0.15) is 43.9 Å². The monoisotopic (exact) mass is 798 g/mol.